The Kier molecular flexibility index (Phi) is 8.49. The maximum atomic E-state index is 13.6. The van der Waals surface area contributed by atoms with Gasteiger partial charge in [-0.1, -0.05) is 30.3 Å². The van der Waals surface area contributed by atoms with Crippen molar-refractivity contribution in [2.45, 2.75) is 13.0 Å². The van der Waals surface area contributed by atoms with Gasteiger partial charge in [-0.2, -0.15) is 0 Å². The molecule has 31 heavy (non-hydrogen) atoms. The van der Waals surface area contributed by atoms with E-state index >= 15 is 0 Å². The van der Waals surface area contributed by atoms with E-state index in [0.717, 1.165) is 57.8 Å². The SMILES string of the molecule is O=C(CNC(=O)c1ccc(F)cc1F)NCCCN1CCN(Cc2ccccc2)CC1. The van der Waals surface area contributed by atoms with Gasteiger partial charge in [0.05, 0.1) is 12.1 Å². The van der Waals surface area contributed by atoms with E-state index in [4.69, 9.17) is 0 Å². The first kappa shape index (κ1) is 22.8. The van der Waals surface area contributed by atoms with Crippen LogP contribution in [0.5, 0.6) is 0 Å². The highest BCUT2D eigenvalue weighted by molar-refractivity contribution is 5.96. The summed E-state index contributed by atoms with van der Waals surface area (Å²) >= 11 is 0. The largest absolute Gasteiger partial charge is 0.355 e. The first-order chi connectivity index (χ1) is 15.0. The van der Waals surface area contributed by atoms with Crippen LogP contribution in [0.15, 0.2) is 48.5 Å². The molecule has 2 amide bonds. The van der Waals surface area contributed by atoms with Crippen LogP contribution in [0.25, 0.3) is 0 Å². The summed E-state index contributed by atoms with van der Waals surface area (Å²) in [5, 5.41) is 5.09. The fourth-order valence-corrected chi connectivity index (χ4v) is 3.54. The van der Waals surface area contributed by atoms with E-state index in [1.165, 1.54) is 5.56 Å². The Morgan fingerprint density at radius 1 is 0.903 bits per heavy atom. The summed E-state index contributed by atoms with van der Waals surface area (Å²) in [6, 6.07) is 13.1. The molecule has 0 unspecified atom stereocenters. The number of benzene rings is 2. The topological polar surface area (TPSA) is 64.7 Å². The minimum Gasteiger partial charge on any atom is -0.355 e. The molecule has 0 spiro atoms. The summed E-state index contributed by atoms with van der Waals surface area (Å²) in [6.07, 6.45) is 0.810. The van der Waals surface area contributed by atoms with Gasteiger partial charge in [0.1, 0.15) is 11.6 Å². The molecule has 0 atom stereocenters. The lowest BCUT2D eigenvalue weighted by Gasteiger charge is -2.34. The van der Waals surface area contributed by atoms with Gasteiger partial charge in [0.2, 0.25) is 5.91 Å². The van der Waals surface area contributed by atoms with Crippen molar-refractivity contribution in [3.63, 3.8) is 0 Å². The Bertz CT molecular complexity index is 871. The van der Waals surface area contributed by atoms with Crippen LogP contribution >= 0.6 is 0 Å². The first-order valence-electron chi connectivity index (χ1n) is 10.5. The fraction of sp³-hybridized carbons (Fsp3) is 0.391. The Morgan fingerprint density at radius 2 is 1.61 bits per heavy atom. The van der Waals surface area contributed by atoms with Crippen LogP contribution in [0.2, 0.25) is 0 Å². The van der Waals surface area contributed by atoms with Crippen molar-refractivity contribution in [2.24, 2.45) is 0 Å². The molecule has 0 aromatic heterocycles. The van der Waals surface area contributed by atoms with E-state index in [1.807, 2.05) is 6.07 Å². The normalized spacial score (nSPS) is 14.9. The van der Waals surface area contributed by atoms with Crippen molar-refractivity contribution in [3.8, 4) is 0 Å². The third-order valence-corrected chi connectivity index (χ3v) is 5.27. The maximum Gasteiger partial charge on any atom is 0.254 e. The summed E-state index contributed by atoms with van der Waals surface area (Å²) in [7, 11) is 0. The van der Waals surface area contributed by atoms with E-state index in [1.54, 1.807) is 0 Å². The van der Waals surface area contributed by atoms with Crippen molar-refractivity contribution in [2.75, 3.05) is 45.8 Å². The van der Waals surface area contributed by atoms with Crippen LogP contribution in [0, 0.1) is 11.6 Å². The third-order valence-electron chi connectivity index (χ3n) is 5.27. The molecule has 0 radical (unpaired) electrons. The Balaban J connectivity index is 1.26. The average molecular weight is 430 g/mol. The molecule has 2 N–H and O–H groups in total. The second-order valence-corrected chi connectivity index (χ2v) is 7.61. The fourth-order valence-electron chi connectivity index (χ4n) is 3.54. The lowest BCUT2D eigenvalue weighted by atomic mass is 10.2. The number of nitrogens with one attached hydrogen (secondary N) is 2. The van der Waals surface area contributed by atoms with Crippen LogP contribution in [0.1, 0.15) is 22.3 Å². The molecule has 1 saturated heterocycles. The van der Waals surface area contributed by atoms with Gasteiger partial charge in [-0.15, -0.1) is 0 Å². The first-order valence-corrected chi connectivity index (χ1v) is 10.5. The molecule has 1 fully saturated rings. The van der Waals surface area contributed by atoms with Crippen LogP contribution in [-0.4, -0.2) is 67.4 Å². The molecule has 6 nitrogen and oxygen atoms in total. The summed E-state index contributed by atoms with van der Waals surface area (Å²) in [5.41, 5.74) is 1.04. The van der Waals surface area contributed by atoms with Crippen molar-refractivity contribution >= 4 is 11.8 Å². The minimum absolute atomic E-state index is 0.256. The van der Waals surface area contributed by atoms with Gasteiger partial charge in [-0.05, 0) is 30.7 Å². The second kappa shape index (κ2) is 11.5. The molecule has 1 heterocycles. The minimum atomic E-state index is -0.957. The molecule has 0 saturated carbocycles. The number of halogens is 2. The standard InChI is InChI=1S/C23H28F2N4O2/c24-19-7-8-20(21(25)15-19)23(31)27-16-22(30)26-9-4-10-28-11-13-29(14-12-28)17-18-5-2-1-3-6-18/h1-3,5-8,15H,4,9-14,16-17H2,(H,26,30)(H,27,31). The number of rotatable bonds is 9. The van der Waals surface area contributed by atoms with Gasteiger partial charge >= 0.3 is 0 Å². The van der Waals surface area contributed by atoms with Crippen LogP contribution in [-0.2, 0) is 11.3 Å². The second-order valence-electron chi connectivity index (χ2n) is 7.61. The highest BCUT2D eigenvalue weighted by Crippen LogP contribution is 2.10. The molecular formula is C23H28F2N4O2. The van der Waals surface area contributed by atoms with Crippen LogP contribution in [0.4, 0.5) is 8.78 Å². The highest BCUT2D eigenvalue weighted by atomic mass is 19.1. The lowest BCUT2D eigenvalue weighted by molar-refractivity contribution is -0.120. The lowest BCUT2D eigenvalue weighted by Crippen LogP contribution is -2.46. The van der Waals surface area contributed by atoms with Gasteiger partial charge < -0.3 is 15.5 Å². The van der Waals surface area contributed by atoms with E-state index in [0.29, 0.717) is 12.6 Å². The zero-order valence-electron chi connectivity index (χ0n) is 17.4. The van der Waals surface area contributed by atoms with Crippen LogP contribution < -0.4 is 10.6 Å². The zero-order chi connectivity index (χ0) is 22.1. The van der Waals surface area contributed by atoms with Crippen molar-refractivity contribution in [1.29, 1.82) is 0 Å². The Hall–Kier alpha value is -2.84. The summed E-state index contributed by atoms with van der Waals surface area (Å²) < 4.78 is 26.5. The molecule has 0 aliphatic carbocycles. The summed E-state index contributed by atoms with van der Waals surface area (Å²) in [5.74, 6) is -2.81. The predicted octanol–water partition coefficient (Wildman–Crippen LogP) is 2.02. The van der Waals surface area contributed by atoms with Crippen molar-refractivity contribution < 1.29 is 18.4 Å². The van der Waals surface area contributed by atoms with Gasteiger partial charge in [0, 0.05) is 45.3 Å². The van der Waals surface area contributed by atoms with Crippen LogP contribution in [0.3, 0.4) is 0 Å². The molecule has 1 aliphatic heterocycles. The number of piperazine rings is 1. The Labute approximate surface area is 181 Å². The quantitative estimate of drug-likeness (QED) is 0.598. The van der Waals surface area contributed by atoms with E-state index in [9.17, 15) is 18.4 Å². The highest BCUT2D eigenvalue weighted by Gasteiger charge is 2.17. The van der Waals surface area contributed by atoms with E-state index in [2.05, 4.69) is 44.7 Å². The Morgan fingerprint density at radius 3 is 2.32 bits per heavy atom. The number of carbonyl (C=O) groups excluding carboxylic acids is 2. The summed E-state index contributed by atoms with van der Waals surface area (Å²) in [4.78, 5) is 28.6. The monoisotopic (exact) mass is 430 g/mol. The molecule has 2 aromatic rings. The molecule has 1 aliphatic rings. The van der Waals surface area contributed by atoms with Gasteiger partial charge in [0.15, 0.2) is 0 Å². The number of hydrogen-bond donors (Lipinski definition) is 2. The average Bonchev–Trinajstić information content (AvgIpc) is 2.77. The number of carbonyl (C=O) groups is 2. The third kappa shape index (κ3) is 7.41. The predicted molar refractivity (Wildman–Crippen MR) is 114 cm³/mol. The zero-order valence-corrected chi connectivity index (χ0v) is 17.4. The molecule has 2 aromatic carbocycles. The molecule has 3 rings (SSSR count). The van der Waals surface area contributed by atoms with Gasteiger partial charge in [-0.3, -0.25) is 14.5 Å². The molecule has 8 heteroatoms. The van der Waals surface area contributed by atoms with Gasteiger partial charge in [-0.25, -0.2) is 8.78 Å². The molecular weight excluding hydrogens is 402 g/mol. The number of amides is 2. The van der Waals surface area contributed by atoms with Crippen molar-refractivity contribution in [3.05, 3.63) is 71.3 Å². The van der Waals surface area contributed by atoms with Gasteiger partial charge in [0.25, 0.3) is 5.91 Å². The smallest absolute Gasteiger partial charge is 0.254 e. The molecule has 0 bridgehead atoms. The number of hydrogen-bond acceptors (Lipinski definition) is 4. The maximum absolute atomic E-state index is 13.6. The van der Waals surface area contributed by atoms with E-state index in [-0.39, 0.29) is 18.0 Å². The van der Waals surface area contributed by atoms with Crippen molar-refractivity contribution in [1.82, 2.24) is 20.4 Å². The van der Waals surface area contributed by atoms with E-state index < -0.39 is 17.5 Å². The molecule has 166 valence electrons. The number of nitrogens with zero attached hydrogens (tertiary/aromatic N) is 2. The summed E-state index contributed by atoms with van der Waals surface area (Å²) in [6.45, 7) is 6.16.